The summed E-state index contributed by atoms with van der Waals surface area (Å²) >= 11 is 0. The van der Waals surface area contributed by atoms with Crippen molar-refractivity contribution in [3.63, 3.8) is 0 Å². The monoisotopic (exact) mass is 468 g/mol. The first-order valence-corrected chi connectivity index (χ1v) is 11.1. The minimum Gasteiger partial charge on any atom is -0.560 e. The number of carbonyl (C=O) groups excluding carboxylic acids is 2. The predicted octanol–water partition coefficient (Wildman–Crippen LogP) is -3.30. The summed E-state index contributed by atoms with van der Waals surface area (Å²) in [5.74, 6) is -1.60. The van der Waals surface area contributed by atoms with Crippen LogP contribution in [0, 0.1) is 0 Å². The normalized spacial score (nSPS) is 29.8. The molecule has 1 aliphatic heterocycles. The average molecular weight is 468 g/mol. The average Bonchev–Trinajstić information content (AvgIpc) is 2.73. The molecule has 170 valence electrons. The van der Waals surface area contributed by atoms with E-state index in [2.05, 4.69) is 19.7 Å². The van der Waals surface area contributed by atoms with Crippen molar-refractivity contribution in [3.8, 4) is 0 Å². The molecule has 0 saturated carbocycles. The van der Waals surface area contributed by atoms with Crippen molar-refractivity contribution in [2.45, 2.75) is 55.0 Å². The van der Waals surface area contributed by atoms with E-state index in [-0.39, 0.29) is 5.75 Å². The quantitative estimate of drug-likeness (QED) is 0.0584. The van der Waals surface area contributed by atoms with Crippen LogP contribution < -0.4 is 5.32 Å². The molecule has 0 spiro atoms. The number of aliphatic hydroxyl groups excluding tert-OH is 5. The van der Waals surface area contributed by atoms with Crippen molar-refractivity contribution in [1.82, 2.24) is 5.32 Å². The van der Waals surface area contributed by atoms with Crippen LogP contribution in [0.3, 0.4) is 0 Å². The van der Waals surface area contributed by atoms with Gasteiger partial charge >= 0.3 is 14.0 Å². The highest BCUT2D eigenvalue weighted by molar-refractivity contribution is 8.76. The Bertz CT molecular complexity index is 586. The van der Waals surface area contributed by atoms with Gasteiger partial charge in [0.1, 0.15) is 35.9 Å². The van der Waals surface area contributed by atoms with Gasteiger partial charge in [-0.25, -0.2) is 9.79 Å². The molecule has 0 aliphatic carbocycles. The van der Waals surface area contributed by atoms with Gasteiger partial charge in [0.05, 0.1) is 19.8 Å². The highest BCUT2D eigenvalue weighted by atomic mass is 33.1. The molecule has 30 heavy (non-hydrogen) atoms. The number of rotatable bonds is 11. The van der Waals surface area contributed by atoms with Crippen LogP contribution >= 0.6 is 21.6 Å². The van der Waals surface area contributed by atoms with Crippen molar-refractivity contribution in [2.75, 3.05) is 19.5 Å². The van der Waals surface area contributed by atoms with E-state index in [0.717, 1.165) is 35.1 Å². The van der Waals surface area contributed by atoms with Gasteiger partial charge in [-0.2, -0.15) is 0 Å². The number of esters is 1. The lowest BCUT2D eigenvalue weighted by Crippen LogP contribution is -2.57. The molecule has 2 radical (unpaired) electrons. The van der Waals surface area contributed by atoms with Crippen LogP contribution in [-0.4, -0.2) is 119 Å². The summed E-state index contributed by atoms with van der Waals surface area (Å²) in [7, 11) is 7.95. The molecule has 8 atom stereocenters. The third kappa shape index (κ3) is 7.57. The van der Waals surface area contributed by atoms with E-state index in [9.17, 15) is 35.1 Å². The Morgan fingerprint density at radius 1 is 1.30 bits per heavy atom. The molecule has 5 unspecified atom stereocenters. The number of carbonyl (C=O) groups is 2. The van der Waals surface area contributed by atoms with Gasteiger partial charge in [-0.3, -0.25) is 4.79 Å². The number of nitrogens with one attached hydrogen (secondary N) is 1. The lowest BCUT2D eigenvalue weighted by atomic mass is 10.0. The molecule has 0 aromatic carbocycles. The fraction of sp³-hybridized carbons (Fsp3) is 0.800. The van der Waals surface area contributed by atoms with Gasteiger partial charge in [-0.05, 0) is 6.92 Å². The summed E-state index contributed by atoms with van der Waals surface area (Å²) in [6.07, 6.45) is -5.92. The number of hydrogen-bond donors (Lipinski definition) is 6. The van der Waals surface area contributed by atoms with Gasteiger partial charge in [0.2, 0.25) is 5.91 Å². The molecule has 1 saturated heterocycles. The lowest BCUT2D eigenvalue weighted by Gasteiger charge is -2.39. The number of amides is 1. The van der Waals surface area contributed by atoms with E-state index in [0.29, 0.717) is 0 Å². The van der Waals surface area contributed by atoms with Gasteiger partial charge in [0.25, 0.3) is 0 Å². The SMILES string of the molecule is [B]OC=N[C@@H](CSSC1OC(CO)C(O)C(O)C1O)C(=O)N[C@H](C(=O)OC)[C@H](C)O. The number of aliphatic hydroxyl groups is 5. The lowest BCUT2D eigenvalue weighted by molar-refractivity contribution is -0.205. The summed E-state index contributed by atoms with van der Waals surface area (Å²) in [5.41, 5.74) is -1.01. The largest absolute Gasteiger partial charge is 0.560 e. The van der Waals surface area contributed by atoms with Crippen molar-refractivity contribution in [1.29, 1.82) is 0 Å². The second-order valence-corrected chi connectivity index (χ2v) is 8.74. The van der Waals surface area contributed by atoms with E-state index < -0.39 is 66.5 Å². The molecule has 0 aromatic rings. The first-order valence-electron chi connectivity index (χ1n) is 8.70. The maximum Gasteiger partial charge on any atom is 0.375 e. The van der Waals surface area contributed by atoms with Crippen molar-refractivity contribution >= 4 is 47.9 Å². The molecule has 1 aliphatic rings. The standard InChI is InChI=1S/C15H25BN2O10S2/c1-6(20)9(14(25)26-2)18-13(24)7(17-5-27-16)4-29-30-15-12(23)11(22)10(21)8(3-19)28-15/h5-12,15,19-23H,3-4H2,1-2H3,(H,18,24)/t6-,7-,8?,9-,10?,11?,12?,15?/m0/s1. The first-order chi connectivity index (χ1) is 14.2. The molecule has 1 amide bonds. The third-order valence-corrected chi connectivity index (χ3v) is 6.63. The summed E-state index contributed by atoms with van der Waals surface area (Å²) in [4.78, 5) is 28.0. The maximum absolute atomic E-state index is 12.5. The van der Waals surface area contributed by atoms with Crippen LogP contribution in [0.15, 0.2) is 4.99 Å². The fourth-order valence-corrected chi connectivity index (χ4v) is 4.91. The summed E-state index contributed by atoms with van der Waals surface area (Å²) in [6.45, 7) is 0.733. The highest BCUT2D eigenvalue weighted by Gasteiger charge is 2.43. The van der Waals surface area contributed by atoms with E-state index in [1.807, 2.05) is 0 Å². The topological polar surface area (TPSA) is 187 Å². The van der Waals surface area contributed by atoms with E-state index >= 15 is 0 Å². The number of methoxy groups -OCH3 is 1. The van der Waals surface area contributed by atoms with Crippen LogP contribution in [0.4, 0.5) is 0 Å². The minimum absolute atomic E-state index is 0.0148. The zero-order valence-electron chi connectivity index (χ0n) is 16.2. The van der Waals surface area contributed by atoms with Crippen molar-refractivity contribution < 1.29 is 49.2 Å². The van der Waals surface area contributed by atoms with Crippen LogP contribution in [0.2, 0.25) is 0 Å². The number of nitrogens with zero attached hydrogens (tertiary/aromatic N) is 1. The van der Waals surface area contributed by atoms with Gasteiger partial charge in [-0.15, -0.1) is 0 Å². The Hall–Kier alpha value is -1.07. The van der Waals surface area contributed by atoms with Gasteiger partial charge in [-0.1, -0.05) is 21.6 Å². The minimum atomic E-state index is -1.52. The van der Waals surface area contributed by atoms with E-state index in [1.54, 1.807) is 0 Å². The molecule has 1 rings (SSSR count). The fourth-order valence-electron chi connectivity index (χ4n) is 2.37. The molecule has 0 aromatic heterocycles. The zero-order chi connectivity index (χ0) is 22.8. The summed E-state index contributed by atoms with van der Waals surface area (Å²) in [5, 5.41) is 50.8. The molecule has 0 bridgehead atoms. The maximum atomic E-state index is 12.5. The molecule has 6 N–H and O–H groups in total. The second-order valence-electron chi connectivity index (χ2n) is 6.23. The predicted molar refractivity (Wildman–Crippen MR) is 109 cm³/mol. The zero-order valence-corrected chi connectivity index (χ0v) is 17.9. The van der Waals surface area contributed by atoms with Crippen LogP contribution in [0.25, 0.3) is 0 Å². The molecule has 12 nitrogen and oxygen atoms in total. The smallest absolute Gasteiger partial charge is 0.375 e. The Morgan fingerprint density at radius 3 is 2.50 bits per heavy atom. The van der Waals surface area contributed by atoms with E-state index in [4.69, 9.17) is 12.8 Å². The molecular weight excluding hydrogens is 443 g/mol. The third-order valence-electron chi connectivity index (χ3n) is 4.08. The molecule has 15 heteroatoms. The number of ether oxygens (including phenoxy) is 2. The Balaban J connectivity index is 2.73. The molecular formula is C15H25BN2O10S2. The van der Waals surface area contributed by atoms with Crippen molar-refractivity contribution in [2.24, 2.45) is 4.99 Å². The van der Waals surface area contributed by atoms with Crippen molar-refractivity contribution in [3.05, 3.63) is 0 Å². The van der Waals surface area contributed by atoms with Gasteiger partial charge < -0.3 is 45.0 Å². The molecule has 1 fully saturated rings. The second kappa shape index (κ2) is 13.4. The van der Waals surface area contributed by atoms with Gasteiger partial charge in [0.15, 0.2) is 12.4 Å². The summed E-state index contributed by atoms with van der Waals surface area (Å²) < 4.78 is 14.1. The Kier molecular flexibility index (Phi) is 12.0. The van der Waals surface area contributed by atoms with E-state index in [1.165, 1.54) is 6.92 Å². The Morgan fingerprint density at radius 2 is 1.97 bits per heavy atom. The van der Waals surface area contributed by atoms with Gasteiger partial charge in [0, 0.05) is 5.75 Å². The van der Waals surface area contributed by atoms with Crippen LogP contribution in [0.1, 0.15) is 6.92 Å². The Labute approximate surface area is 182 Å². The first kappa shape index (κ1) is 27.0. The number of hydrogen-bond acceptors (Lipinski definition) is 13. The molecule has 1 heterocycles. The summed E-state index contributed by atoms with van der Waals surface area (Å²) in [6, 6.07) is -2.43. The van der Waals surface area contributed by atoms with Crippen LogP contribution in [-0.2, 0) is 23.7 Å². The van der Waals surface area contributed by atoms with Crippen LogP contribution in [0.5, 0.6) is 0 Å². The number of aliphatic imine (C=N–C) groups is 1. The highest BCUT2D eigenvalue weighted by Crippen LogP contribution is 2.36.